The number of ether oxygens (including phenoxy) is 1. The van der Waals surface area contributed by atoms with Crippen LogP contribution >= 0.6 is 11.3 Å². The van der Waals surface area contributed by atoms with Crippen molar-refractivity contribution in [3.63, 3.8) is 0 Å². The SMILES string of the molecule is C[C@H]1CCCN1C(=O)c1nc(C(=O)NCC(C)(C)OC=O)sc1-c1ccc(C(O)(C(F)(F)F)C(F)(F)F)cc1C(F)F. The zero-order valence-corrected chi connectivity index (χ0v) is 23.0. The first-order valence-electron chi connectivity index (χ1n) is 12.3. The molecular weight excluding hydrogens is 606 g/mol. The summed E-state index contributed by atoms with van der Waals surface area (Å²) in [4.78, 5) is 41.9. The minimum Gasteiger partial charge on any atom is -0.460 e. The van der Waals surface area contributed by atoms with Crippen molar-refractivity contribution < 1.29 is 59.4 Å². The Labute approximate surface area is 237 Å². The Bertz CT molecular complexity index is 1330. The first kappa shape index (κ1) is 33.2. The fourth-order valence-electron chi connectivity index (χ4n) is 4.32. The molecule has 1 aromatic heterocycles. The van der Waals surface area contributed by atoms with Gasteiger partial charge in [-0.2, -0.15) is 26.3 Å². The number of halogens is 8. The van der Waals surface area contributed by atoms with Gasteiger partial charge in [-0.3, -0.25) is 14.4 Å². The lowest BCUT2D eigenvalue weighted by atomic mass is 9.89. The van der Waals surface area contributed by atoms with E-state index in [1.807, 2.05) is 0 Å². The van der Waals surface area contributed by atoms with Crippen molar-refractivity contribution in [2.24, 2.45) is 0 Å². The van der Waals surface area contributed by atoms with Crippen LogP contribution in [0.15, 0.2) is 18.2 Å². The number of aromatic nitrogens is 1. The summed E-state index contributed by atoms with van der Waals surface area (Å²) in [5.74, 6) is -1.71. The monoisotopic (exact) mass is 631 g/mol. The minimum atomic E-state index is -6.32. The Kier molecular flexibility index (Phi) is 9.27. The Hall–Kier alpha value is -3.34. The van der Waals surface area contributed by atoms with Crippen LogP contribution < -0.4 is 5.32 Å². The molecule has 232 valence electrons. The molecule has 1 aliphatic heterocycles. The zero-order valence-electron chi connectivity index (χ0n) is 22.2. The lowest BCUT2D eigenvalue weighted by Crippen LogP contribution is -2.54. The molecule has 0 bridgehead atoms. The maximum atomic E-state index is 14.2. The number of alkyl halides is 8. The van der Waals surface area contributed by atoms with Crippen LogP contribution in [0.4, 0.5) is 35.1 Å². The number of amides is 2. The third-order valence-electron chi connectivity index (χ3n) is 6.65. The van der Waals surface area contributed by atoms with E-state index >= 15 is 0 Å². The molecule has 0 saturated carbocycles. The number of likely N-dealkylation sites (tertiary alicyclic amines) is 1. The van der Waals surface area contributed by atoms with E-state index in [0.29, 0.717) is 30.2 Å². The minimum absolute atomic E-state index is 0.132. The van der Waals surface area contributed by atoms with Crippen molar-refractivity contribution in [1.82, 2.24) is 15.2 Å². The highest BCUT2D eigenvalue weighted by atomic mass is 32.1. The smallest absolute Gasteiger partial charge is 0.430 e. The summed E-state index contributed by atoms with van der Waals surface area (Å²) in [5, 5.41) is 11.7. The fourth-order valence-corrected chi connectivity index (χ4v) is 5.34. The fraction of sp³-hybridized carbons (Fsp3) is 0.520. The molecule has 0 aliphatic carbocycles. The Morgan fingerprint density at radius 2 is 1.81 bits per heavy atom. The highest BCUT2D eigenvalue weighted by Gasteiger charge is 2.71. The summed E-state index contributed by atoms with van der Waals surface area (Å²) in [6.45, 7) is 4.78. The van der Waals surface area contributed by atoms with Gasteiger partial charge in [0.05, 0.1) is 11.4 Å². The van der Waals surface area contributed by atoms with E-state index in [4.69, 9.17) is 4.74 Å². The van der Waals surface area contributed by atoms with Crippen LogP contribution in [0.2, 0.25) is 0 Å². The van der Waals surface area contributed by atoms with E-state index < -0.39 is 74.1 Å². The number of benzene rings is 1. The molecule has 1 aliphatic rings. The maximum Gasteiger partial charge on any atom is 0.430 e. The zero-order chi connectivity index (χ0) is 31.8. The third-order valence-corrected chi connectivity index (χ3v) is 7.74. The van der Waals surface area contributed by atoms with Gasteiger partial charge in [-0.15, -0.1) is 11.3 Å². The number of thiazole rings is 1. The largest absolute Gasteiger partial charge is 0.460 e. The van der Waals surface area contributed by atoms with Gasteiger partial charge in [-0.25, -0.2) is 13.8 Å². The lowest BCUT2D eigenvalue weighted by Gasteiger charge is -2.33. The van der Waals surface area contributed by atoms with Crippen LogP contribution in [0.5, 0.6) is 0 Å². The number of nitrogens with zero attached hydrogens (tertiary/aromatic N) is 2. The summed E-state index contributed by atoms with van der Waals surface area (Å²) in [6.07, 6.45) is -15.1. The quantitative estimate of drug-likeness (QED) is 0.285. The molecule has 0 radical (unpaired) electrons. The lowest BCUT2D eigenvalue weighted by molar-refractivity contribution is -0.376. The van der Waals surface area contributed by atoms with E-state index in [2.05, 4.69) is 10.3 Å². The van der Waals surface area contributed by atoms with Gasteiger partial charge in [0, 0.05) is 29.3 Å². The summed E-state index contributed by atoms with van der Waals surface area (Å²) >= 11 is 0.408. The van der Waals surface area contributed by atoms with E-state index in [1.165, 1.54) is 18.7 Å². The third kappa shape index (κ3) is 6.35. The second-order valence-corrected chi connectivity index (χ2v) is 11.2. The highest BCUT2D eigenvalue weighted by Crippen LogP contribution is 2.51. The molecule has 1 aromatic carbocycles. The first-order valence-corrected chi connectivity index (χ1v) is 13.1. The van der Waals surface area contributed by atoms with E-state index in [1.54, 1.807) is 6.92 Å². The van der Waals surface area contributed by atoms with Crippen molar-refractivity contribution in [3.05, 3.63) is 40.0 Å². The molecular formula is C25H25F8N3O5S. The number of carbonyl (C=O) groups is 3. The summed E-state index contributed by atoms with van der Waals surface area (Å²) in [5.41, 5.74) is -11.1. The van der Waals surface area contributed by atoms with Crippen molar-refractivity contribution in [2.45, 2.75) is 69.6 Å². The molecule has 1 saturated heterocycles. The normalized spacial score (nSPS) is 16.6. The van der Waals surface area contributed by atoms with Gasteiger partial charge in [0.1, 0.15) is 11.3 Å². The summed E-state index contributed by atoms with van der Waals surface area (Å²) < 4.78 is 114. The molecule has 1 atom stereocenters. The molecule has 0 spiro atoms. The highest BCUT2D eigenvalue weighted by molar-refractivity contribution is 7.17. The molecule has 42 heavy (non-hydrogen) atoms. The molecule has 0 unspecified atom stereocenters. The Morgan fingerprint density at radius 1 is 1.19 bits per heavy atom. The van der Waals surface area contributed by atoms with Crippen LogP contribution in [0.3, 0.4) is 0 Å². The molecule has 3 rings (SSSR count). The first-order chi connectivity index (χ1) is 19.2. The summed E-state index contributed by atoms with van der Waals surface area (Å²) in [7, 11) is 0. The van der Waals surface area contributed by atoms with E-state index in [-0.39, 0.29) is 37.7 Å². The van der Waals surface area contributed by atoms with Crippen LogP contribution in [-0.2, 0) is 15.1 Å². The summed E-state index contributed by atoms with van der Waals surface area (Å²) in [6, 6.07) is 0.218. The topological polar surface area (TPSA) is 109 Å². The number of carbonyl (C=O) groups excluding carboxylic acids is 3. The van der Waals surface area contributed by atoms with Crippen molar-refractivity contribution in [1.29, 1.82) is 0 Å². The predicted octanol–water partition coefficient (Wildman–Crippen LogP) is 5.37. The average Bonchev–Trinajstić information content (AvgIpc) is 3.51. The Morgan fingerprint density at radius 3 is 2.31 bits per heavy atom. The van der Waals surface area contributed by atoms with Crippen LogP contribution in [0.1, 0.15) is 71.5 Å². The van der Waals surface area contributed by atoms with Gasteiger partial charge in [-0.05, 0) is 39.7 Å². The van der Waals surface area contributed by atoms with Crippen LogP contribution in [-0.4, -0.2) is 70.4 Å². The van der Waals surface area contributed by atoms with Gasteiger partial charge in [-0.1, -0.05) is 12.1 Å². The number of aliphatic hydroxyl groups is 1. The number of hydrogen-bond donors (Lipinski definition) is 2. The number of hydrogen-bond acceptors (Lipinski definition) is 7. The number of nitrogens with one attached hydrogen (secondary N) is 1. The van der Waals surface area contributed by atoms with Gasteiger partial charge < -0.3 is 20.1 Å². The second-order valence-electron chi connectivity index (χ2n) is 10.2. The average molecular weight is 632 g/mol. The molecule has 2 N–H and O–H groups in total. The van der Waals surface area contributed by atoms with Crippen molar-refractivity contribution in [2.75, 3.05) is 13.1 Å². The molecule has 17 heteroatoms. The molecule has 2 amide bonds. The van der Waals surface area contributed by atoms with Crippen molar-refractivity contribution in [3.8, 4) is 10.4 Å². The van der Waals surface area contributed by atoms with E-state index in [0.717, 1.165) is 0 Å². The van der Waals surface area contributed by atoms with Gasteiger partial charge in [0.2, 0.25) is 0 Å². The molecule has 2 aromatic rings. The van der Waals surface area contributed by atoms with Gasteiger partial charge >= 0.3 is 12.4 Å². The van der Waals surface area contributed by atoms with Crippen LogP contribution in [0, 0.1) is 0 Å². The van der Waals surface area contributed by atoms with Gasteiger partial charge in [0.15, 0.2) is 5.01 Å². The number of rotatable bonds is 9. The molecule has 1 fully saturated rings. The second kappa shape index (κ2) is 11.7. The molecule has 8 nitrogen and oxygen atoms in total. The standard InChI is InChI=1S/C25H25F8N3O5S/c1-12-5-4-8-36(12)21(39)16-17(42-20(35-16)19(38)34-10-22(2,3)41-11-37)14-7-6-13(9-15(14)18(26)27)23(40,24(28,29)30)25(31,32)33/h6-7,9,11-12,18,40H,4-5,8,10H2,1-3H3,(H,34,38)/t12-/m0/s1. The maximum absolute atomic E-state index is 14.2. The van der Waals surface area contributed by atoms with Crippen LogP contribution in [0.25, 0.3) is 10.4 Å². The Balaban J connectivity index is 2.19. The van der Waals surface area contributed by atoms with Crippen molar-refractivity contribution >= 4 is 29.6 Å². The van der Waals surface area contributed by atoms with E-state index in [9.17, 15) is 54.6 Å². The predicted molar refractivity (Wildman–Crippen MR) is 132 cm³/mol. The molecule has 2 heterocycles. The van der Waals surface area contributed by atoms with Gasteiger partial charge in [0.25, 0.3) is 30.3 Å².